The van der Waals surface area contributed by atoms with Crippen molar-refractivity contribution in [3.8, 4) is 0 Å². The molecule has 1 saturated carbocycles. The second-order valence-electron chi connectivity index (χ2n) is 5.69. The molecule has 1 aromatic rings. The molecule has 0 bridgehead atoms. The lowest BCUT2D eigenvalue weighted by atomic mass is 9.68. The first-order valence-corrected chi connectivity index (χ1v) is 6.96. The summed E-state index contributed by atoms with van der Waals surface area (Å²) in [7, 11) is 0. The Bertz CT molecular complexity index is 573. The minimum atomic E-state index is -0.968. The normalized spacial score (nSPS) is 19.4. The van der Waals surface area contributed by atoms with E-state index in [0.717, 1.165) is 36.9 Å². The highest BCUT2D eigenvalue weighted by molar-refractivity contribution is 6.01. The third kappa shape index (κ3) is 1.81. The molecule has 2 aliphatic rings. The molecule has 1 aromatic carbocycles. The number of hydrogen-bond acceptors (Lipinski definition) is 3. The van der Waals surface area contributed by atoms with Gasteiger partial charge in [-0.05, 0) is 37.0 Å². The molecule has 3 N–H and O–H groups in total. The zero-order valence-corrected chi connectivity index (χ0v) is 11.3. The summed E-state index contributed by atoms with van der Waals surface area (Å²) < 4.78 is 0. The predicted octanol–water partition coefficient (Wildman–Crippen LogP) is 1.40. The van der Waals surface area contributed by atoms with Crippen LogP contribution in [0.2, 0.25) is 0 Å². The molecule has 3 rings (SSSR count). The Balaban J connectivity index is 1.94. The monoisotopic (exact) mass is 274 g/mol. The van der Waals surface area contributed by atoms with Gasteiger partial charge in [-0.15, -0.1) is 0 Å². The average Bonchev–Trinajstić information content (AvgIpc) is 2.80. The summed E-state index contributed by atoms with van der Waals surface area (Å²) >= 11 is 0. The van der Waals surface area contributed by atoms with Gasteiger partial charge in [-0.1, -0.05) is 12.5 Å². The van der Waals surface area contributed by atoms with Gasteiger partial charge in [0.05, 0.1) is 11.0 Å². The van der Waals surface area contributed by atoms with E-state index in [-0.39, 0.29) is 11.5 Å². The number of carbonyl (C=O) groups excluding carboxylic acids is 1. The van der Waals surface area contributed by atoms with Crippen molar-refractivity contribution < 1.29 is 14.7 Å². The van der Waals surface area contributed by atoms with Crippen LogP contribution in [0.25, 0.3) is 0 Å². The molecule has 0 atom stereocenters. The molecule has 0 aromatic heterocycles. The number of nitrogens with zero attached hydrogens (tertiary/aromatic N) is 1. The van der Waals surface area contributed by atoms with Crippen LogP contribution in [0.5, 0.6) is 0 Å². The van der Waals surface area contributed by atoms with Gasteiger partial charge in [0.15, 0.2) is 0 Å². The fourth-order valence-corrected chi connectivity index (χ4v) is 3.12. The Kier molecular flexibility index (Phi) is 3.01. The van der Waals surface area contributed by atoms with Gasteiger partial charge in [0.25, 0.3) is 0 Å². The fourth-order valence-electron chi connectivity index (χ4n) is 3.12. The van der Waals surface area contributed by atoms with Gasteiger partial charge >= 0.3 is 5.97 Å². The van der Waals surface area contributed by atoms with E-state index in [1.807, 2.05) is 6.07 Å². The van der Waals surface area contributed by atoms with Crippen LogP contribution in [0.3, 0.4) is 0 Å². The van der Waals surface area contributed by atoms with Crippen LogP contribution >= 0.6 is 0 Å². The Morgan fingerprint density at radius 2 is 2.10 bits per heavy atom. The second-order valence-corrected chi connectivity index (χ2v) is 5.69. The zero-order chi connectivity index (χ0) is 14.3. The number of anilines is 1. The van der Waals surface area contributed by atoms with Gasteiger partial charge in [-0.2, -0.15) is 0 Å². The van der Waals surface area contributed by atoms with E-state index in [4.69, 9.17) is 10.8 Å². The number of nitrogens with two attached hydrogens (primary N) is 1. The second kappa shape index (κ2) is 4.59. The molecule has 1 fully saturated rings. The van der Waals surface area contributed by atoms with Gasteiger partial charge in [0.2, 0.25) is 5.91 Å². The van der Waals surface area contributed by atoms with E-state index in [1.165, 1.54) is 0 Å². The number of fused-ring (bicyclic) bond motifs is 1. The third-order valence-electron chi connectivity index (χ3n) is 4.63. The number of hydrogen-bond donors (Lipinski definition) is 2. The lowest BCUT2D eigenvalue weighted by Crippen LogP contribution is -2.51. The van der Waals surface area contributed by atoms with Gasteiger partial charge in [-0.3, -0.25) is 4.79 Å². The standard InChI is InChI=1S/C15H18N2O3/c16-9-15(5-1-6-15)14(20)17-7-4-10-2-3-11(13(18)19)8-12(10)17/h2-3,8H,1,4-7,9,16H2,(H,18,19). The highest BCUT2D eigenvalue weighted by Gasteiger charge is 2.46. The molecule has 1 heterocycles. The highest BCUT2D eigenvalue weighted by atomic mass is 16.4. The number of aromatic carboxylic acids is 1. The zero-order valence-electron chi connectivity index (χ0n) is 11.3. The summed E-state index contributed by atoms with van der Waals surface area (Å²) in [4.78, 5) is 25.5. The van der Waals surface area contributed by atoms with Crippen molar-refractivity contribution in [1.82, 2.24) is 0 Å². The maximum Gasteiger partial charge on any atom is 0.335 e. The smallest absolute Gasteiger partial charge is 0.335 e. The number of carboxylic acid groups (broad SMARTS) is 1. The van der Waals surface area contributed by atoms with Crippen LogP contribution in [0, 0.1) is 5.41 Å². The van der Waals surface area contributed by atoms with E-state index in [0.29, 0.717) is 13.1 Å². The number of benzene rings is 1. The molecule has 5 heteroatoms. The molecule has 0 saturated heterocycles. The number of carbonyl (C=O) groups is 2. The number of rotatable bonds is 3. The molecule has 1 aliphatic heterocycles. The third-order valence-corrected chi connectivity index (χ3v) is 4.63. The van der Waals surface area contributed by atoms with Crippen LogP contribution in [0.15, 0.2) is 18.2 Å². The van der Waals surface area contributed by atoms with E-state index in [1.54, 1.807) is 17.0 Å². The maximum atomic E-state index is 12.7. The fraction of sp³-hybridized carbons (Fsp3) is 0.467. The SMILES string of the molecule is NCC1(C(=O)N2CCc3ccc(C(=O)O)cc32)CCC1. The summed E-state index contributed by atoms with van der Waals surface area (Å²) in [5.74, 6) is -0.906. The van der Waals surface area contributed by atoms with Crippen molar-refractivity contribution in [2.75, 3.05) is 18.0 Å². The minimum Gasteiger partial charge on any atom is -0.478 e. The van der Waals surface area contributed by atoms with Crippen LogP contribution in [-0.2, 0) is 11.2 Å². The summed E-state index contributed by atoms with van der Waals surface area (Å²) in [6, 6.07) is 5.00. The maximum absolute atomic E-state index is 12.7. The lowest BCUT2D eigenvalue weighted by molar-refractivity contribution is -0.132. The van der Waals surface area contributed by atoms with Gasteiger partial charge in [-0.25, -0.2) is 4.79 Å². The first kappa shape index (κ1) is 13.1. The first-order valence-electron chi connectivity index (χ1n) is 6.96. The number of carboxylic acids is 1. The predicted molar refractivity (Wildman–Crippen MR) is 74.8 cm³/mol. The van der Waals surface area contributed by atoms with E-state index in [2.05, 4.69) is 0 Å². The topological polar surface area (TPSA) is 83.6 Å². The van der Waals surface area contributed by atoms with Gasteiger partial charge in [0, 0.05) is 18.8 Å². The quantitative estimate of drug-likeness (QED) is 0.872. The van der Waals surface area contributed by atoms with Crippen LogP contribution < -0.4 is 10.6 Å². The molecule has 0 radical (unpaired) electrons. The molecule has 106 valence electrons. The molecule has 5 nitrogen and oxygen atoms in total. The Morgan fingerprint density at radius 3 is 2.65 bits per heavy atom. The van der Waals surface area contributed by atoms with E-state index >= 15 is 0 Å². The average molecular weight is 274 g/mol. The molecular formula is C15H18N2O3. The summed E-state index contributed by atoms with van der Waals surface area (Å²) in [6.45, 7) is 0.995. The van der Waals surface area contributed by atoms with Crippen LogP contribution in [0.4, 0.5) is 5.69 Å². The van der Waals surface area contributed by atoms with Gasteiger partial charge < -0.3 is 15.7 Å². The minimum absolute atomic E-state index is 0.0625. The molecule has 20 heavy (non-hydrogen) atoms. The first-order chi connectivity index (χ1) is 9.57. The van der Waals surface area contributed by atoms with Gasteiger partial charge in [0.1, 0.15) is 0 Å². The van der Waals surface area contributed by atoms with Crippen molar-refractivity contribution in [3.63, 3.8) is 0 Å². The molecule has 1 amide bonds. The molecular weight excluding hydrogens is 256 g/mol. The van der Waals surface area contributed by atoms with Crippen molar-refractivity contribution in [2.24, 2.45) is 11.1 Å². The molecule has 0 spiro atoms. The van der Waals surface area contributed by atoms with Crippen molar-refractivity contribution in [1.29, 1.82) is 0 Å². The molecule has 0 unspecified atom stereocenters. The van der Waals surface area contributed by atoms with Crippen molar-refractivity contribution >= 4 is 17.6 Å². The summed E-state index contributed by atoms with van der Waals surface area (Å²) in [5, 5.41) is 9.08. The largest absolute Gasteiger partial charge is 0.478 e. The molecule has 1 aliphatic carbocycles. The Labute approximate surface area is 117 Å². The Morgan fingerprint density at radius 1 is 1.35 bits per heavy atom. The van der Waals surface area contributed by atoms with Crippen molar-refractivity contribution in [2.45, 2.75) is 25.7 Å². The highest BCUT2D eigenvalue weighted by Crippen LogP contribution is 2.43. The summed E-state index contributed by atoms with van der Waals surface area (Å²) in [5.41, 5.74) is 7.38. The van der Waals surface area contributed by atoms with E-state index < -0.39 is 11.4 Å². The Hall–Kier alpha value is -1.88. The van der Waals surface area contributed by atoms with Crippen LogP contribution in [0.1, 0.15) is 35.2 Å². The summed E-state index contributed by atoms with van der Waals surface area (Å²) in [6.07, 6.45) is 3.50. The van der Waals surface area contributed by atoms with E-state index in [9.17, 15) is 9.59 Å². The lowest BCUT2D eigenvalue weighted by Gasteiger charge is -2.41. The van der Waals surface area contributed by atoms with Crippen LogP contribution in [-0.4, -0.2) is 30.1 Å². The number of amides is 1. The van der Waals surface area contributed by atoms with Crippen molar-refractivity contribution in [3.05, 3.63) is 29.3 Å².